The van der Waals surface area contributed by atoms with E-state index in [9.17, 15) is 4.79 Å². The second-order valence-electron chi connectivity index (χ2n) is 2.39. The molecule has 68 valence electrons. The molecule has 0 amide bonds. The highest BCUT2D eigenvalue weighted by atomic mass is 79.9. The van der Waals surface area contributed by atoms with Gasteiger partial charge >= 0.3 is 5.97 Å². The number of ether oxygens (including phenoxy) is 1. The number of carbonyl (C=O) groups is 1. The van der Waals surface area contributed by atoms with E-state index in [1.165, 1.54) is 7.11 Å². The molecular weight excluding hydrogens is 232 g/mol. The van der Waals surface area contributed by atoms with Gasteiger partial charge in [-0.3, -0.25) is 0 Å². The lowest BCUT2D eigenvalue weighted by Crippen LogP contribution is -1.98. The van der Waals surface area contributed by atoms with Crippen molar-refractivity contribution < 1.29 is 9.53 Å². The Morgan fingerprint density at radius 1 is 1.38 bits per heavy atom. The number of methoxy groups -OCH3 is 1. The topological polar surface area (TPSA) is 26.3 Å². The minimum atomic E-state index is -0.371. The zero-order valence-electron chi connectivity index (χ0n) is 7.16. The van der Waals surface area contributed by atoms with E-state index in [0.29, 0.717) is 4.48 Å². The van der Waals surface area contributed by atoms with E-state index in [2.05, 4.69) is 20.7 Å². The molecule has 0 atom stereocenters. The Kier molecular flexibility index (Phi) is 3.71. The maximum absolute atomic E-state index is 11.0. The molecule has 0 aliphatic rings. The summed E-state index contributed by atoms with van der Waals surface area (Å²) < 4.78 is 4.95. The molecule has 3 heteroatoms. The predicted octanol–water partition coefficient (Wildman–Crippen LogP) is 2.60. The van der Waals surface area contributed by atoms with Crippen LogP contribution >= 0.6 is 15.9 Å². The van der Waals surface area contributed by atoms with Crippen molar-refractivity contribution in [1.29, 1.82) is 0 Å². The first-order chi connectivity index (χ1) is 6.24. The quantitative estimate of drug-likeness (QED) is 0.587. The number of rotatable bonds is 2. The van der Waals surface area contributed by atoms with Crippen molar-refractivity contribution >= 4 is 28.0 Å². The zero-order chi connectivity index (χ0) is 9.68. The summed E-state index contributed by atoms with van der Waals surface area (Å²) in [6.07, 6.45) is 1.71. The largest absolute Gasteiger partial charge is 0.465 e. The normalized spacial score (nSPS) is 11.1. The maximum Gasteiger partial charge on any atom is 0.344 e. The lowest BCUT2D eigenvalue weighted by Gasteiger charge is -1.96. The Labute approximate surface area is 85.3 Å². The molecule has 0 radical (unpaired) electrons. The van der Waals surface area contributed by atoms with Gasteiger partial charge in [-0.2, -0.15) is 0 Å². The summed E-state index contributed by atoms with van der Waals surface area (Å²) in [5, 5.41) is 0. The van der Waals surface area contributed by atoms with Crippen LogP contribution in [0.15, 0.2) is 34.8 Å². The highest BCUT2D eigenvalue weighted by Gasteiger charge is 2.03. The summed E-state index contributed by atoms with van der Waals surface area (Å²) in [5.41, 5.74) is 0.958. The summed E-state index contributed by atoms with van der Waals surface area (Å²) >= 11 is 3.13. The monoisotopic (exact) mass is 240 g/mol. The van der Waals surface area contributed by atoms with Crippen LogP contribution in [-0.2, 0) is 9.53 Å². The molecule has 1 aromatic carbocycles. The molecule has 0 unspecified atom stereocenters. The molecule has 2 nitrogen and oxygen atoms in total. The third-order valence-electron chi connectivity index (χ3n) is 1.47. The molecular formula is C10H9BrO2. The van der Waals surface area contributed by atoms with Crippen molar-refractivity contribution in [3.8, 4) is 0 Å². The van der Waals surface area contributed by atoms with Gasteiger partial charge < -0.3 is 4.74 Å². The van der Waals surface area contributed by atoms with Gasteiger partial charge in [0.1, 0.15) is 4.48 Å². The average Bonchev–Trinajstić information content (AvgIpc) is 2.18. The van der Waals surface area contributed by atoms with Crippen molar-refractivity contribution in [2.24, 2.45) is 0 Å². The number of carbonyl (C=O) groups excluding carboxylic acids is 1. The van der Waals surface area contributed by atoms with Gasteiger partial charge in [0.15, 0.2) is 0 Å². The Morgan fingerprint density at radius 2 is 2.00 bits per heavy atom. The second kappa shape index (κ2) is 4.82. The van der Waals surface area contributed by atoms with Crippen LogP contribution in [0.1, 0.15) is 5.56 Å². The summed E-state index contributed by atoms with van der Waals surface area (Å²) in [7, 11) is 1.35. The first-order valence-electron chi connectivity index (χ1n) is 3.74. The van der Waals surface area contributed by atoms with Crippen LogP contribution in [0.3, 0.4) is 0 Å². The Bertz CT molecular complexity index is 317. The minimum absolute atomic E-state index is 0.371. The molecule has 0 spiro atoms. The summed E-state index contributed by atoms with van der Waals surface area (Å²) in [4.78, 5) is 11.0. The molecule has 0 aromatic heterocycles. The van der Waals surface area contributed by atoms with Crippen LogP contribution in [0.25, 0.3) is 6.08 Å². The fourth-order valence-electron chi connectivity index (χ4n) is 0.852. The van der Waals surface area contributed by atoms with Crippen molar-refractivity contribution in [2.45, 2.75) is 0 Å². The first-order valence-corrected chi connectivity index (χ1v) is 4.54. The zero-order valence-corrected chi connectivity index (χ0v) is 8.74. The molecule has 13 heavy (non-hydrogen) atoms. The highest BCUT2D eigenvalue weighted by Crippen LogP contribution is 2.12. The van der Waals surface area contributed by atoms with Gasteiger partial charge in [0.05, 0.1) is 7.11 Å². The highest BCUT2D eigenvalue weighted by molar-refractivity contribution is 9.12. The van der Waals surface area contributed by atoms with Crippen molar-refractivity contribution in [3.63, 3.8) is 0 Å². The van der Waals surface area contributed by atoms with Crippen LogP contribution in [0.2, 0.25) is 0 Å². The van der Waals surface area contributed by atoms with Gasteiger partial charge in [0.25, 0.3) is 0 Å². The molecule has 0 fully saturated rings. The van der Waals surface area contributed by atoms with Gasteiger partial charge in [-0.15, -0.1) is 0 Å². The Morgan fingerprint density at radius 3 is 2.54 bits per heavy atom. The van der Waals surface area contributed by atoms with Crippen LogP contribution in [0.5, 0.6) is 0 Å². The number of hydrogen-bond acceptors (Lipinski definition) is 2. The standard InChI is InChI=1S/C10H9BrO2/c1-13-10(12)9(11)7-8-5-3-2-4-6-8/h2-7H,1H3. The van der Waals surface area contributed by atoms with E-state index in [0.717, 1.165) is 5.56 Å². The number of hydrogen-bond donors (Lipinski definition) is 0. The van der Waals surface area contributed by atoms with E-state index in [1.54, 1.807) is 6.08 Å². The number of halogens is 1. The average molecular weight is 241 g/mol. The van der Waals surface area contributed by atoms with Gasteiger partial charge in [0.2, 0.25) is 0 Å². The van der Waals surface area contributed by atoms with E-state index in [-0.39, 0.29) is 5.97 Å². The minimum Gasteiger partial charge on any atom is -0.465 e. The van der Waals surface area contributed by atoms with Gasteiger partial charge in [-0.1, -0.05) is 30.3 Å². The smallest absolute Gasteiger partial charge is 0.344 e. The fourth-order valence-corrected chi connectivity index (χ4v) is 1.28. The van der Waals surface area contributed by atoms with E-state index in [1.807, 2.05) is 30.3 Å². The van der Waals surface area contributed by atoms with Crippen molar-refractivity contribution in [1.82, 2.24) is 0 Å². The van der Waals surface area contributed by atoms with Crippen molar-refractivity contribution in [3.05, 3.63) is 40.4 Å². The second-order valence-corrected chi connectivity index (χ2v) is 3.25. The third-order valence-corrected chi connectivity index (χ3v) is 2.03. The summed E-state index contributed by atoms with van der Waals surface area (Å²) in [6.45, 7) is 0. The first kappa shape index (κ1) is 9.99. The summed E-state index contributed by atoms with van der Waals surface area (Å²) in [6, 6.07) is 9.55. The molecule has 0 bridgehead atoms. The lowest BCUT2D eigenvalue weighted by molar-refractivity contribution is -0.135. The molecule has 0 aliphatic carbocycles. The van der Waals surface area contributed by atoms with Gasteiger partial charge in [-0.05, 0) is 27.6 Å². The summed E-state index contributed by atoms with van der Waals surface area (Å²) in [5.74, 6) is -0.371. The SMILES string of the molecule is COC(=O)C(Br)=Cc1ccccc1. The third kappa shape index (κ3) is 3.03. The molecule has 1 aromatic rings. The molecule has 1 rings (SSSR count). The molecule has 0 N–H and O–H groups in total. The van der Waals surface area contributed by atoms with Gasteiger partial charge in [-0.25, -0.2) is 4.79 Å². The van der Waals surface area contributed by atoms with Crippen LogP contribution < -0.4 is 0 Å². The van der Waals surface area contributed by atoms with Crippen LogP contribution in [0, 0.1) is 0 Å². The predicted molar refractivity (Wildman–Crippen MR) is 55.4 cm³/mol. The van der Waals surface area contributed by atoms with E-state index < -0.39 is 0 Å². The molecule has 0 saturated heterocycles. The molecule has 0 aliphatic heterocycles. The Hall–Kier alpha value is -1.09. The Balaban J connectivity index is 2.83. The molecule has 0 saturated carbocycles. The van der Waals surface area contributed by atoms with E-state index in [4.69, 9.17) is 0 Å². The van der Waals surface area contributed by atoms with E-state index >= 15 is 0 Å². The number of esters is 1. The van der Waals surface area contributed by atoms with Gasteiger partial charge in [0, 0.05) is 0 Å². The van der Waals surface area contributed by atoms with Crippen LogP contribution in [0.4, 0.5) is 0 Å². The fraction of sp³-hybridized carbons (Fsp3) is 0.100. The van der Waals surface area contributed by atoms with Crippen LogP contribution in [-0.4, -0.2) is 13.1 Å². The number of benzene rings is 1. The lowest BCUT2D eigenvalue weighted by atomic mass is 10.2. The van der Waals surface area contributed by atoms with Crippen molar-refractivity contribution in [2.75, 3.05) is 7.11 Å². The maximum atomic E-state index is 11.0. The molecule has 0 heterocycles.